The van der Waals surface area contributed by atoms with Crippen LogP contribution in [-0.2, 0) is 16.1 Å². The minimum Gasteiger partial charge on any atom is -0.497 e. The minimum atomic E-state index is -0.775. The number of benzene rings is 2. The van der Waals surface area contributed by atoms with E-state index in [1.54, 1.807) is 74.3 Å². The monoisotopic (exact) mass is 624 g/mol. The SMILES string of the molecule is COc1ccc2c(Oc3ccc(NC(=O)c4c(C)n(C[C@@H](C)OC(=O)[C@H](N)C(C)C)n(-c5ccccc5)c4=O)nc3)ccnc2c1. The van der Waals surface area contributed by atoms with Crippen molar-refractivity contribution in [3.05, 3.63) is 101 Å². The molecule has 238 valence electrons. The van der Waals surface area contributed by atoms with Crippen LogP contribution in [0.15, 0.2) is 83.9 Å². The van der Waals surface area contributed by atoms with Crippen molar-refractivity contribution in [2.75, 3.05) is 12.4 Å². The van der Waals surface area contributed by atoms with Gasteiger partial charge in [0, 0.05) is 17.6 Å². The number of carbonyl (C=O) groups is 2. The van der Waals surface area contributed by atoms with Crippen molar-refractivity contribution < 1.29 is 23.8 Å². The van der Waals surface area contributed by atoms with Crippen LogP contribution < -0.4 is 26.1 Å². The normalized spacial score (nSPS) is 12.5. The standard InChI is InChI=1S/C34H36N6O6/c1-20(2)31(35)34(43)45-21(3)19-39-22(4)30(33(42)40(39)23-9-7-6-8-10-23)32(41)38-29-14-12-25(18-37-29)46-28-15-16-36-27-17-24(44-5)11-13-26(27)28/h6-18,20-21,31H,19,35H2,1-5H3,(H,37,38,41)/t21-,31-/m1/s1. The summed E-state index contributed by atoms with van der Waals surface area (Å²) in [6, 6.07) is 18.6. The number of nitrogens with zero attached hydrogens (tertiary/aromatic N) is 4. The summed E-state index contributed by atoms with van der Waals surface area (Å²) in [6.45, 7) is 7.16. The number of carbonyl (C=O) groups excluding carboxylic acids is 2. The van der Waals surface area contributed by atoms with Crippen LogP contribution in [-0.4, -0.2) is 50.5 Å². The van der Waals surface area contributed by atoms with Crippen molar-refractivity contribution in [3.63, 3.8) is 0 Å². The third-order valence-corrected chi connectivity index (χ3v) is 7.48. The van der Waals surface area contributed by atoms with E-state index in [-0.39, 0.29) is 23.8 Å². The van der Waals surface area contributed by atoms with Gasteiger partial charge in [-0.05, 0) is 62.2 Å². The molecule has 3 heterocycles. The lowest BCUT2D eigenvalue weighted by atomic mass is 10.1. The molecular weight excluding hydrogens is 588 g/mol. The fraction of sp³-hybridized carbons (Fsp3) is 0.265. The molecule has 5 aromatic rings. The molecule has 12 nitrogen and oxygen atoms in total. The lowest BCUT2D eigenvalue weighted by Gasteiger charge is -2.21. The molecule has 0 radical (unpaired) electrons. The molecule has 12 heteroatoms. The first-order chi connectivity index (χ1) is 22.1. The molecular formula is C34H36N6O6. The predicted octanol–water partition coefficient (Wildman–Crippen LogP) is 4.86. The summed E-state index contributed by atoms with van der Waals surface area (Å²) >= 11 is 0. The number of hydrogen-bond donors (Lipinski definition) is 2. The molecule has 3 N–H and O–H groups in total. The Morgan fingerprint density at radius 3 is 2.39 bits per heavy atom. The topological polar surface area (TPSA) is 153 Å². The predicted molar refractivity (Wildman–Crippen MR) is 174 cm³/mol. The van der Waals surface area contributed by atoms with Crippen molar-refractivity contribution in [1.29, 1.82) is 0 Å². The minimum absolute atomic E-state index is 0.0675. The molecule has 5 rings (SSSR count). The Balaban J connectivity index is 1.37. The highest BCUT2D eigenvalue weighted by Gasteiger charge is 2.27. The Morgan fingerprint density at radius 1 is 0.978 bits per heavy atom. The van der Waals surface area contributed by atoms with Gasteiger partial charge >= 0.3 is 5.97 Å². The second kappa shape index (κ2) is 13.7. The van der Waals surface area contributed by atoms with Gasteiger partial charge < -0.3 is 25.3 Å². The first-order valence-electron chi connectivity index (χ1n) is 14.8. The molecule has 0 saturated heterocycles. The number of ether oxygens (including phenoxy) is 3. The summed E-state index contributed by atoms with van der Waals surface area (Å²) in [5, 5.41) is 3.51. The van der Waals surface area contributed by atoms with Crippen molar-refractivity contribution in [2.24, 2.45) is 11.7 Å². The number of anilines is 1. The number of para-hydroxylation sites is 1. The number of aromatic nitrogens is 4. The zero-order valence-electron chi connectivity index (χ0n) is 26.3. The van der Waals surface area contributed by atoms with E-state index in [0.29, 0.717) is 34.1 Å². The number of fused-ring (bicyclic) bond motifs is 1. The molecule has 0 spiro atoms. The Kier molecular flexibility index (Phi) is 9.47. The molecule has 0 fully saturated rings. The maximum atomic E-state index is 13.7. The van der Waals surface area contributed by atoms with E-state index in [2.05, 4.69) is 15.3 Å². The van der Waals surface area contributed by atoms with Crippen LogP contribution in [0.1, 0.15) is 36.8 Å². The fourth-order valence-electron chi connectivity index (χ4n) is 4.92. The van der Waals surface area contributed by atoms with Gasteiger partial charge in [0.05, 0.1) is 36.7 Å². The molecule has 2 aromatic carbocycles. The Hall–Kier alpha value is -5.49. The van der Waals surface area contributed by atoms with Crippen molar-refractivity contribution in [2.45, 2.75) is 46.4 Å². The van der Waals surface area contributed by atoms with E-state index in [9.17, 15) is 14.4 Å². The number of nitrogens with two attached hydrogens (primary N) is 1. The Morgan fingerprint density at radius 2 is 1.72 bits per heavy atom. The van der Waals surface area contributed by atoms with Crippen LogP contribution in [0.4, 0.5) is 5.82 Å². The van der Waals surface area contributed by atoms with E-state index in [4.69, 9.17) is 19.9 Å². The third kappa shape index (κ3) is 6.76. The van der Waals surface area contributed by atoms with Crippen molar-refractivity contribution in [3.8, 4) is 22.9 Å². The summed E-state index contributed by atoms with van der Waals surface area (Å²) in [4.78, 5) is 48.5. The van der Waals surface area contributed by atoms with Gasteiger partial charge in [0.2, 0.25) is 0 Å². The number of nitrogens with one attached hydrogen (secondary N) is 1. The van der Waals surface area contributed by atoms with Crippen LogP contribution in [0.25, 0.3) is 16.6 Å². The number of hydrogen-bond acceptors (Lipinski definition) is 9. The summed E-state index contributed by atoms with van der Waals surface area (Å²) in [7, 11) is 1.59. The molecule has 0 aliphatic heterocycles. The highest BCUT2D eigenvalue weighted by atomic mass is 16.5. The van der Waals surface area contributed by atoms with Gasteiger partial charge in [0.15, 0.2) is 0 Å². The molecule has 0 bridgehead atoms. The molecule has 0 saturated carbocycles. The third-order valence-electron chi connectivity index (χ3n) is 7.48. The average Bonchev–Trinajstić information content (AvgIpc) is 3.29. The molecule has 1 amide bonds. The number of amides is 1. The zero-order chi connectivity index (χ0) is 33.0. The van der Waals surface area contributed by atoms with Gasteiger partial charge in [0.1, 0.15) is 40.8 Å². The van der Waals surface area contributed by atoms with Gasteiger partial charge in [-0.2, -0.15) is 0 Å². The molecule has 2 atom stereocenters. The zero-order valence-corrected chi connectivity index (χ0v) is 26.3. The van der Waals surface area contributed by atoms with Gasteiger partial charge in [-0.3, -0.25) is 24.0 Å². The fourth-order valence-corrected chi connectivity index (χ4v) is 4.92. The molecule has 0 aliphatic rings. The van der Waals surface area contributed by atoms with Crippen molar-refractivity contribution >= 4 is 28.6 Å². The first-order valence-corrected chi connectivity index (χ1v) is 14.8. The highest BCUT2D eigenvalue weighted by Crippen LogP contribution is 2.31. The van der Waals surface area contributed by atoms with E-state index in [1.807, 2.05) is 38.1 Å². The molecule has 0 unspecified atom stereocenters. The average molecular weight is 625 g/mol. The van der Waals surface area contributed by atoms with Crippen LogP contribution in [0.3, 0.4) is 0 Å². The number of rotatable bonds is 11. The van der Waals surface area contributed by atoms with E-state index < -0.39 is 29.6 Å². The van der Waals surface area contributed by atoms with Gasteiger partial charge in [0.25, 0.3) is 11.5 Å². The quantitative estimate of drug-likeness (QED) is 0.196. The summed E-state index contributed by atoms with van der Waals surface area (Å²) < 4.78 is 19.9. The summed E-state index contributed by atoms with van der Waals surface area (Å²) in [5.74, 6) is 0.669. The number of methoxy groups -OCH3 is 1. The lowest BCUT2D eigenvalue weighted by Crippen LogP contribution is -2.39. The second-order valence-electron chi connectivity index (χ2n) is 11.1. The maximum absolute atomic E-state index is 13.7. The van der Waals surface area contributed by atoms with Crippen LogP contribution in [0.2, 0.25) is 0 Å². The lowest BCUT2D eigenvalue weighted by molar-refractivity contribution is -0.151. The Bertz CT molecular complexity index is 1920. The smallest absolute Gasteiger partial charge is 0.323 e. The number of pyridine rings is 2. The second-order valence-corrected chi connectivity index (χ2v) is 11.1. The van der Waals surface area contributed by atoms with Crippen LogP contribution in [0.5, 0.6) is 17.2 Å². The Labute approximate surface area is 265 Å². The maximum Gasteiger partial charge on any atom is 0.323 e. The van der Waals surface area contributed by atoms with Crippen molar-refractivity contribution in [1.82, 2.24) is 19.3 Å². The highest BCUT2D eigenvalue weighted by molar-refractivity contribution is 6.04. The van der Waals surface area contributed by atoms with Crippen LogP contribution in [0, 0.1) is 12.8 Å². The van der Waals surface area contributed by atoms with Gasteiger partial charge in [-0.15, -0.1) is 0 Å². The molecule has 3 aromatic heterocycles. The van der Waals surface area contributed by atoms with Crippen LogP contribution >= 0.6 is 0 Å². The van der Waals surface area contributed by atoms with E-state index >= 15 is 0 Å². The van der Waals surface area contributed by atoms with Gasteiger partial charge in [-0.1, -0.05) is 32.0 Å². The largest absolute Gasteiger partial charge is 0.497 e. The summed E-state index contributed by atoms with van der Waals surface area (Å²) in [5.41, 5.74) is 7.02. The first kappa shape index (κ1) is 31.9. The van der Waals surface area contributed by atoms with E-state index in [0.717, 1.165) is 5.39 Å². The van der Waals surface area contributed by atoms with E-state index in [1.165, 1.54) is 10.9 Å². The molecule has 0 aliphatic carbocycles. The molecule has 46 heavy (non-hydrogen) atoms. The number of esters is 1. The van der Waals surface area contributed by atoms with Gasteiger partial charge in [-0.25, -0.2) is 9.67 Å². The summed E-state index contributed by atoms with van der Waals surface area (Å²) in [6.07, 6.45) is 2.48.